The van der Waals surface area contributed by atoms with E-state index in [9.17, 15) is 4.39 Å². The number of methoxy groups -OCH3 is 1. The highest BCUT2D eigenvalue weighted by molar-refractivity contribution is 5.24. The van der Waals surface area contributed by atoms with E-state index in [4.69, 9.17) is 5.73 Å². The molecule has 0 atom stereocenters. The molecule has 1 aromatic rings. The first-order valence-electron chi connectivity index (χ1n) is 3.94. The normalized spacial score (nSPS) is 11.5. The monoisotopic (exact) mass is 184 g/mol. The molecule has 1 heterocycles. The lowest BCUT2D eigenvalue weighted by Gasteiger charge is -2.18. The molecule has 0 aliphatic carbocycles. The van der Waals surface area contributed by atoms with Crippen LogP contribution < -0.4 is 10.5 Å². The summed E-state index contributed by atoms with van der Waals surface area (Å²) in [6.07, 6.45) is 1.52. The highest BCUT2D eigenvalue weighted by Crippen LogP contribution is 2.20. The third kappa shape index (κ3) is 2.15. The Balaban J connectivity index is 3.10. The SMILES string of the molecule is COc1ncc(C(C)(C)N)cc1F. The molecule has 0 bridgehead atoms. The van der Waals surface area contributed by atoms with Gasteiger partial charge in [0.15, 0.2) is 5.82 Å². The van der Waals surface area contributed by atoms with E-state index in [1.807, 2.05) is 0 Å². The minimum atomic E-state index is -0.583. The van der Waals surface area contributed by atoms with Crippen LogP contribution in [0.15, 0.2) is 12.3 Å². The fraction of sp³-hybridized carbons (Fsp3) is 0.444. The predicted octanol–water partition coefficient (Wildman–Crippen LogP) is 1.42. The van der Waals surface area contributed by atoms with Crippen LogP contribution in [0.1, 0.15) is 19.4 Å². The van der Waals surface area contributed by atoms with Crippen LogP contribution in [-0.2, 0) is 5.54 Å². The lowest BCUT2D eigenvalue weighted by molar-refractivity contribution is 0.367. The minimum absolute atomic E-state index is 0.00648. The summed E-state index contributed by atoms with van der Waals surface area (Å²) < 4.78 is 17.8. The summed E-state index contributed by atoms with van der Waals surface area (Å²) in [6, 6.07) is 1.34. The molecule has 1 aromatic heterocycles. The summed E-state index contributed by atoms with van der Waals surface area (Å²) >= 11 is 0. The number of nitrogens with zero attached hydrogens (tertiary/aromatic N) is 1. The van der Waals surface area contributed by atoms with Crippen LogP contribution in [0, 0.1) is 5.82 Å². The number of halogens is 1. The number of hydrogen-bond acceptors (Lipinski definition) is 3. The standard InChI is InChI=1S/C9H13FN2O/c1-9(2,11)6-4-7(10)8(13-3)12-5-6/h4-5H,11H2,1-3H3. The average molecular weight is 184 g/mol. The highest BCUT2D eigenvalue weighted by Gasteiger charge is 2.16. The number of rotatable bonds is 2. The first kappa shape index (κ1) is 9.92. The zero-order valence-electron chi connectivity index (χ0n) is 7.97. The quantitative estimate of drug-likeness (QED) is 0.756. The molecule has 0 aliphatic heterocycles. The summed E-state index contributed by atoms with van der Waals surface area (Å²) in [5.74, 6) is -0.494. The fourth-order valence-corrected chi connectivity index (χ4v) is 0.928. The largest absolute Gasteiger partial charge is 0.479 e. The molecule has 2 N–H and O–H groups in total. The van der Waals surface area contributed by atoms with Crippen molar-refractivity contribution in [3.8, 4) is 5.88 Å². The Kier molecular flexibility index (Phi) is 2.52. The van der Waals surface area contributed by atoms with E-state index in [0.29, 0.717) is 5.56 Å². The second-order valence-corrected chi connectivity index (χ2v) is 3.44. The van der Waals surface area contributed by atoms with E-state index in [1.165, 1.54) is 19.4 Å². The number of aromatic nitrogens is 1. The maximum atomic E-state index is 13.1. The molecule has 0 aliphatic rings. The lowest BCUT2D eigenvalue weighted by Crippen LogP contribution is -2.28. The van der Waals surface area contributed by atoms with Crippen molar-refractivity contribution >= 4 is 0 Å². The fourth-order valence-electron chi connectivity index (χ4n) is 0.928. The van der Waals surface area contributed by atoms with Crippen molar-refractivity contribution in [3.63, 3.8) is 0 Å². The van der Waals surface area contributed by atoms with Gasteiger partial charge >= 0.3 is 0 Å². The van der Waals surface area contributed by atoms with Gasteiger partial charge in [-0.2, -0.15) is 0 Å². The molecule has 0 saturated carbocycles. The van der Waals surface area contributed by atoms with Gasteiger partial charge in [-0.25, -0.2) is 9.37 Å². The Morgan fingerprint density at radius 2 is 2.15 bits per heavy atom. The van der Waals surface area contributed by atoms with Gasteiger partial charge in [-0.15, -0.1) is 0 Å². The number of pyridine rings is 1. The molecule has 1 rings (SSSR count). The number of nitrogens with two attached hydrogens (primary N) is 1. The Labute approximate surface area is 76.7 Å². The van der Waals surface area contributed by atoms with Gasteiger partial charge in [-0.3, -0.25) is 0 Å². The summed E-state index contributed by atoms with van der Waals surface area (Å²) in [5, 5.41) is 0. The van der Waals surface area contributed by atoms with E-state index >= 15 is 0 Å². The topological polar surface area (TPSA) is 48.1 Å². The van der Waals surface area contributed by atoms with Crippen molar-refractivity contribution in [2.24, 2.45) is 5.73 Å². The van der Waals surface area contributed by atoms with Crippen LogP contribution in [0.4, 0.5) is 4.39 Å². The van der Waals surface area contributed by atoms with Gasteiger partial charge in [0.25, 0.3) is 0 Å². The molecule has 72 valence electrons. The molecule has 0 amide bonds. The predicted molar refractivity (Wildman–Crippen MR) is 48.0 cm³/mol. The van der Waals surface area contributed by atoms with Crippen LogP contribution in [0.2, 0.25) is 0 Å². The summed E-state index contributed by atoms with van der Waals surface area (Å²) in [6.45, 7) is 3.58. The molecular weight excluding hydrogens is 171 g/mol. The van der Waals surface area contributed by atoms with Gasteiger partial charge in [0.05, 0.1) is 7.11 Å². The van der Waals surface area contributed by atoms with Crippen molar-refractivity contribution in [1.29, 1.82) is 0 Å². The van der Waals surface area contributed by atoms with E-state index in [2.05, 4.69) is 9.72 Å². The minimum Gasteiger partial charge on any atom is -0.479 e. The van der Waals surface area contributed by atoms with Crippen molar-refractivity contribution < 1.29 is 9.13 Å². The highest BCUT2D eigenvalue weighted by atomic mass is 19.1. The van der Waals surface area contributed by atoms with Crippen molar-refractivity contribution in [2.75, 3.05) is 7.11 Å². The van der Waals surface area contributed by atoms with E-state index in [-0.39, 0.29) is 5.88 Å². The van der Waals surface area contributed by atoms with Crippen molar-refractivity contribution in [1.82, 2.24) is 4.98 Å². The van der Waals surface area contributed by atoms with Gasteiger partial charge in [0.2, 0.25) is 5.88 Å². The van der Waals surface area contributed by atoms with Gasteiger partial charge in [0.1, 0.15) is 0 Å². The second kappa shape index (κ2) is 3.30. The Hall–Kier alpha value is -1.16. The Morgan fingerprint density at radius 3 is 2.54 bits per heavy atom. The maximum Gasteiger partial charge on any atom is 0.250 e. The Morgan fingerprint density at radius 1 is 1.54 bits per heavy atom. The van der Waals surface area contributed by atoms with E-state index in [1.54, 1.807) is 13.8 Å². The summed E-state index contributed by atoms with van der Waals surface area (Å²) in [4.78, 5) is 3.79. The molecule has 0 saturated heterocycles. The van der Waals surface area contributed by atoms with Gasteiger partial charge in [0, 0.05) is 11.7 Å². The van der Waals surface area contributed by atoms with Gasteiger partial charge in [-0.05, 0) is 25.5 Å². The molecule has 0 fully saturated rings. The van der Waals surface area contributed by atoms with Crippen LogP contribution in [-0.4, -0.2) is 12.1 Å². The molecule has 13 heavy (non-hydrogen) atoms. The molecule has 0 unspecified atom stereocenters. The maximum absolute atomic E-state index is 13.1. The molecule has 0 spiro atoms. The molecule has 0 aromatic carbocycles. The van der Waals surface area contributed by atoms with E-state index in [0.717, 1.165) is 0 Å². The smallest absolute Gasteiger partial charge is 0.250 e. The Bertz CT molecular complexity index is 307. The van der Waals surface area contributed by atoms with Crippen molar-refractivity contribution in [3.05, 3.63) is 23.6 Å². The zero-order valence-corrected chi connectivity index (χ0v) is 7.97. The molecule has 0 radical (unpaired) electrons. The lowest BCUT2D eigenvalue weighted by atomic mass is 9.98. The molecule has 3 nitrogen and oxygen atoms in total. The van der Waals surface area contributed by atoms with Crippen LogP contribution in [0.5, 0.6) is 5.88 Å². The summed E-state index contributed by atoms with van der Waals surface area (Å²) in [7, 11) is 1.37. The first-order valence-corrected chi connectivity index (χ1v) is 3.94. The van der Waals surface area contributed by atoms with Gasteiger partial charge < -0.3 is 10.5 Å². The van der Waals surface area contributed by atoms with E-state index < -0.39 is 11.4 Å². The zero-order chi connectivity index (χ0) is 10.1. The number of hydrogen-bond donors (Lipinski definition) is 1. The summed E-state index contributed by atoms with van der Waals surface area (Å²) in [5.41, 5.74) is 5.83. The third-order valence-corrected chi connectivity index (χ3v) is 1.74. The van der Waals surface area contributed by atoms with Crippen LogP contribution >= 0.6 is 0 Å². The van der Waals surface area contributed by atoms with Gasteiger partial charge in [-0.1, -0.05) is 0 Å². The third-order valence-electron chi connectivity index (χ3n) is 1.74. The second-order valence-electron chi connectivity index (χ2n) is 3.44. The van der Waals surface area contributed by atoms with Crippen LogP contribution in [0.25, 0.3) is 0 Å². The van der Waals surface area contributed by atoms with Crippen LogP contribution in [0.3, 0.4) is 0 Å². The molecular formula is C9H13FN2O. The molecule has 4 heteroatoms. The number of ether oxygens (including phenoxy) is 1. The average Bonchev–Trinajstić information content (AvgIpc) is 2.02. The first-order chi connectivity index (χ1) is 5.95. The van der Waals surface area contributed by atoms with Crippen molar-refractivity contribution in [2.45, 2.75) is 19.4 Å².